The molecule has 0 heterocycles. The summed E-state index contributed by atoms with van der Waals surface area (Å²) < 4.78 is 0. The summed E-state index contributed by atoms with van der Waals surface area (Å²) in [4.78, 5) is 11.2. The number of amides is 1. The van der Waals surface area contributed by atoms with Gasteiger partial charge in [0.05, 0.1) is 0 Å². The Bertz CT molecular complexity index is 843. The number of phenolic OH excluding ortho intramolecular Hbond substituents is 1. The fraction of sp³-hybridized carbons (Fsp3) is 0.190. The molecule has 3 nitrogen and oxygen atoms in total. The molecule has 3 aromatic carbocycles. The van der Waals surface area contributed by atoms with Gasteiger partial charge < -0.3 is 10.4 Å². The Morgan fingerprint density at radius 3 is 2.46 bits per heavy atom. The third-order valence-electron chi connectivity index (χ3n) is 4.31. The largest absolute Gasteiger partial charge is 0.508 e. The Morgan fingerprint density at radius 1 is 1.00 bits per heavy atom. The van der Waals surface area contributed by atoms with Crippen LogP contribution >= 0.6 is 0 Å². The molecule has 0 saturated heterocycles. The van der Waals surface area contributed by atoms with Crippen LogP contribution in [0.25, 0.3) is 10.8 Å². The molecule has 3 aromatic rings. The van der Waals surface area contributed by atoms with Crippen molar-refractivity contribution < 1.29 is 9.90 Å². The minimum Gasteiger partial charge on any atom is -0.508 e. The van der Waals surface area contributed by atoms with E-state index in [-0.39, 0.29) is 11.8 Å². The number of carbonyl (C=O) groups is 1. The first-order valence-electron chi connectivity index (χ1n) is 8.17. The van der Waals surface area contributed by atoms with E-state index >= 15 is 0 Å². The monoisotopic (exact) mass is 319 g/mol. The van der Waals surface area contributed by atoms with Gasteiger partial charge in [-0.2, -0.15) is 0 Å². The maximum Gasteiger partial charge on any atom is 0.216 e. The smallest absolute Gasteiger partial charge is 0.216 e. The van der Waals surface area contributed by atoms with E-state index in [4.69, 9.17) is 0 Å². The average Bonchev–Trinajstić information content (AvgIpc) is 2.60. The van der Waals surface area contributed by atoms with Gasteiger partial charge in [-0.1, -0.05) is 60.7 Å². The predicted octanol–water partition coefficient (Wildman–Crippen LogP) is 4.20. The van der Waals surface area contributed by atoms with Crippen LogP contribution < -0.4 is 5.32 Å². The van der Waals surface area contributed by atoms with Crippen LogP contribution in [0.3, 0.4) is 0 Å². The van der Waals surface area contributed by atoms with Gasteiger partial charge in [-0.25, -0.2) is 0 Å². The van der Waals surface area contributed by atoms with Crippen molar-refractivity contribution in [2.24, 2.45) is 0 Å². The van der Waals surface area contributed by atoms with Crippen LogP contribution in [0.15, 0.2) is 66.7 Å². The van der Waals surface area contributed by atoms with E-state index in [0.29, 0.717) is 12.3 Å². The zero-order valence-electron chi connectivity index (χ0n) is 13.7. The molecule has 0 aliphatic rings. The van der Waals surface area contributed by atoms with E-state index in [0.717, 1.165) is 28.3 Å². The van der Waals surface area contributed by atoms with Gasteiger partial charge in [-0.05, 0) is 28.8 Å². The predicted molar refractivity (Wildman–Crippen MR) is 97.2 cm³/mol. The van der Waals surface area contributed by atoms with Gasteiger partial charge in [-0.15, -0.1) is 0 Å². The van der Waals surface area contributed by atoms with Gasteiger partial charge in [0.15, 0.2) is 0 Å². The molecule has 0 saturated carbocycles. The zero-order valence-corrected chi connectivity index (χ0v) is 13.7. The average molecular weight is 319 g/mol. The highest BCUT2D eigenvalue weighted by Gasteiger charge is 2.20. The lowest BCUT2D eigenvalue weighted by Gasteiger charge is -2.21. The molecule has 1 unspecified atom stereocenters. The van der Waals surface area contributed by atoms with Gasteiger partial charge in [0.1, 0.15) is 5.75 Å². The van der Waals surface area contributed by atoms with Crippen molar-refractivity contribution in [2.75, 3.05) is 6.54 Å². The number of hydrogen-bond acceptors (Lipinski definition) is 2. The lowest BCUT2D eigenvalue weighted by atomic mass is 9.85. The number of nitrogens with one attached hydrogen (secondary N) is 1. The van der Waals surface area contributed by atoms with Crippen LogP contribution in [0.5, 0.6) is 5.75 Å². The molecule has 0 aliphatic carbocycles. The molecule has 3 rings (SSSR count). The second-order valence-corrected chi connectivity index (χ2v) is 5.95. The molecule has 3 heteroatoms. The standard InChI is InChI=1S/C21H21NO2/c1-15(23)22-14-13-19(16-7-3-2-4-8-16)21-18-10-6-5-9-17(18)11-12-20(21)24/h2-12,19,24H,13-14H2,1H3,(H,22,23). The number of aromatic hydroxyl groups is 1. The summed E-state index contributed by atoms with van der Waals surface area (Å²) in [5.74, 6) is 0.276. The van der Waals surface area contributed by atoms with Crippen molar-refractivity contribution in [3.05, 3.63) is 77.9 Å². The summed E-state index contributed by atoms with van der Waals surface area (Å²) in [6, 6.07) is 21.9. The molecule has 0 spiro atoms. The van der Waals surface area contributed by atoms with Gasteiger partial charge >= 0.3 is 0 Å². The molecule has 0 bridgehead atoms. The molecule has 1 atom stereocenters. The highest BCUT2D eigenvalue weighted by molar-refractivity contribution is 5.88. The van der Waals surface area contributed by atoms with Crippen LogP contribution in [0.4, 0.5) is 0 Å². The van der Waals surface area contributed by atoms with Crippen molar-refractivity contribution in [3.63, 3.8) is 0 Å². The van der Waals surface area contributed by atoms with E-state index in [9.17, 15) is 9.90 Å². The second-order valence-electron chi connectivity index (χ2n) is 5.95. The summed E-state index contributed by atoms with van der Waals surface area (Å²) >= 11 is 0. The van der Waals surface area contributed by atoms with Gasteiger partial charge in [0.25, 0.3) is 0 Å². The van der Waals surface area contributed by atoms with Crippen molar-refractivity contribution in [1.29, 1.82) is 0 Å². The minimum absolute atomic E-state index is 0.0177. The SMILES string of the molecule is CC(=O)NCCC(c1ccccc1)c1c(O)ccc2ccccc12. The first kappa shape index (κ1) is 16.1. The molecule has 0 fully saturated rings. The number of fused-ring (bicyclic) bond motifs is 1. The number of rotatable bonds is 5. The second kappa shape index (κ2) is 7.18. The molecule has 1 amide bonds. The van der Waals surface area contributed by atoms with Crippen LogP contribution in [0.2, 0.25) is 0 Å². The van der Waals surface area contributed by atoms with Crippen molar-refractivity contribution in [3.8, 4) is 5.75 Å². The maximum atomic E-state index is 11.2. The highest BCUT2D eigenvalue weighted by Crippen LogP contribution is 2.38. The summed E-state index contributed by atoms with van der Waals surface area (Å²) in [5.41, 5.74) is 2.05. The van der Waals surface area contributed by atoms with Crippen LogP contribution in [-0.4, -0.2) is 17.6 Å². The summed E-state index contributed by atoms with van der Waals surface area (Å²) in [6.07, 6.45) is 0.727. The molecular formula is C21H21NO2. The van der Waals surface area contributed by atoms with E-state index in [2.05, 4.69) is 17.4 Å². The Morgan fingerprint density at radius 2 is 1.71 bits per heavy atom. The first-order valence-corrected chi connectivity index (χ1v) is 8.17. The van der Waals surface area contributed by atoms with Crippen LogP contribution in [0, 0.1) is 0 Å². The molecule has 24 heavy (non-hydrogen) atoms. The third kappa shape index (κ3) is 3.40. The van der Waals surface area contributed by atoms with E-state index in [1.165, 1.54) is 6.92 Å². The normalized spacial score (nSPS) is 12.0. The lowest BCUT2D eigenvalue weighted by Crippen LogP contribution is -2.23. The van der Waals surface area contributed by atoms with E-state index < -0.39 is 0 Å². The van der Waals surface area contributed by atoms with E-state index in [1.54, 1.807) is 6.07 Å². The summed E-state index contributed by atoms with van der Waals surface area (Å²) in [5, 5.41) is 15.6. The van der Waals surface area contributed by atoms with Crippen molar-refractivity contribution >= 4 is 16.7 Å². The third-order valence-corrected chi connectivity index (χ3v) is 4.31. The summed E-state index contributed by atoms with van der Waals surface area (Å²) in [7, 11) is 0. The quantitative estimate of drug-likeness (QED) is 0.740. The number of hydrogen-bond donors (Lipinski definition) is 2. The molecular weight excluding hydrogens is 298 g/mol. The topological polar surface area (TPSA) is 49.3 Å². The molecule has 0 aromatic heterocycles. The Balaban J connectivity index is 2.08. The Labute approximate surface area is 142 Å². The minimum atomic E-state index is -0.0380. The Hall–Kier alpha value is -2.81. The molecule has 0 radical (unpaired) electrons. The van der Waals surface area contributed by atoms with Crippen LogP contribution in [-0.2, 0) is 4.79 Å². The summed E-state index contributed by atoms with van der Waals surface area (Å²) in [6.45, 7) is 2.09. The number of carbonyl (C=O) groups excluding carboxylic acids is 1. The van der Waals surface area contributed by atoms with Crippen LogP contribution in [0.1, 0.15) is 30.4 Å². The number of benzene rings is 3. The first-order chi connectivity index (χ1) is 11.7. The lowest BCUT2D eigenvalue weighted by molar-refractivity contribution is -0.118. The fourth-order valence-electron chi connectivity index (χ4n) is 3.21. The maximum absolute atomic E-state index is 11.2. The fourth-order valence-corrected chi connectivity index (χ4v) is 3.21. The molecule has 0 aliphatic heterocycles. The van der Waals surface area contributed by atoms with E-state index in [1.807, 2.05) is 48.5 Å². The van der Waals surface area contributed by atoms with Crippen molar-refractivity contribution in [1.82, 2.24) is 5.32 Å². The zero-order chi connectivity index (χ0) is 16.9. The number of phenols is 1. The molecule has 122 valence electrons. The van der Waals surface area contributed by atoms with Gasteiger partial charge in [0, 0.05) is 24.9 Å². The van der Waals surface area contributed by atoms with Gasteiger partial charge in [-0.3, -0.25) is 4.79 Å². The highest BCUT2D eigenvalue weighted by atomic mass is 16.3. The van der Waals surface area contributed by atoms with Crippen molar-refractivity contribution in [2.45, 2.75) is 19.3 Å². The Kier molecular flexibility index (Phi) is 4.80. The van der Waals surface area contributed by atoms with Gasteiger partial charge in [0.2, 0.25) is 5.91 Å². The molecule has 2 N–H and O–H groups in total.